The smallest absolute Gasteiger partial charge is 0.230 e. The number of aromatic hydroxyl groups is 1. The highest BCUT2D eigenvalue weighted by Gasteiger charge is 2.34. The van der Waals surface area contributed by atoms with Gasteiger partial charge in [0.15, 0.2) is 5.82 Å². The Morgan fingerprint density at radius 3 is 2.59 bits per heavy atom. The van der Waals surface area contributed by atoms with Gasteiger partial charge in [0.25, 0.3) is 0 Å². The van der Waals surface area contributed by atoms with Crippen LogP contribution < -0.4 is 0 Å². The average Bonchev–Trinajstić information content (AvgIpc) is 3.16. The van der Waals surface area contributed by atoms with E-state index in [4.69, 9.17) is 0 Å². The largest absolute Gasteiger partial charge is 0.492 e. The minimum absolute atomic E-state index is 0.0707. The molecule has 1 aromatic carbocycles. The number of hydrogen-bond acceptors (Lipinski definition) is 5. The van der Waals surface area contributed by atoms with Crippen molar-refractivity contribution in [1.29, 1.82) is 0 Å². The van der Waals surface area contributed by atoms with Gasteiger partial charge in [0.05, 0.1) is 10.9 Å². The monoisotopic (exact) mass is 388 g/mol. The molecule has 1 saturated heterocycles. The van der Waals surface area contributed by atoms with Crippen molar-refractivity contribution in [3.05, 3.63) is 46.3 Å². The number of aromatic nitrogens is 3. The zero-order valence-electron chi connectivity index (χ0n) is 15.9. The van der Waals surface area contributed by atoms with Crippen LogP contribution in [0.4, 0.5) is 4.39 Å². The maximum atomic E-state index is 14.8. The lowest BCUT2D eigenvalue weighted by Crippen LogP contribution is -2.41. The van der Waals surface area contributed by atoms with Crippen LogP contribution >= 0.6 is 11.3 Å². The Morgan fingerprint density at radius 2 is 1.96 bits per heavy atom. The van der Waals surface area contributed by atoms with Gasteiger partial charge in [-0.1, -0.05) is 50.3 Å². The van der Waals surface area contributed by atoms with Gasteiger partial charge >= 0.3 is 0 Å². The van der Waals surface area contributed by atoms with E-state index < -0.39 is 0 Å². The lowest BCUT2D eigenvalue weighted by molar-refractivity contribution is 0.110. The summed E-state index contributed by atoms with van der Waals surface area (Å²) in [7, 11) is 0. The van der Waals surface area contributed by atoms with E-state index in [1.54, 1.807) is 6.07 Å². The third kappa shape index (κ3) is 3.34. The zero-order valence-corrected chi connectivity index (χ0v) is 16.7. The van der Waals surface area contributed by atoms with E-state index in [-0.39, 0.29) is 17.7 Å². The average molecular weight is 389 g/mol. The van der Waals surface area contributed by atoms with Gasteiger partial charge in [-0.2, -0.15) is 4.52 Å². The van der Waals surface area contributed by atoms with Crippen molar-refractivity contribution in [2.75, 3.05) is 13.1 Å². The quantitative estimate of drug-likeness (QED) is 0.725. The molecule has 3 aromatic rings. The molecule has 1 aliphatic rings. The minimum Gasteiger partial charge on any atom is -0.492 e. The normalized spacial score (nSPS) is 22.4. The van der Waals surface area contributed by atoms with Gasteiger partial charge in [0.2, 0.25) is 10.8 Å². The van der Waals surface area contributed by atoms with Crippen LogP contribution in [-0.4, -0.2) is 37.7 Å². The van der Waals surface area contributed by atoms with Crippen LogP contribution in [0.25, 0.3) is 4.96 Å². The molecule has 0 amide bonds. The predicted octanol–water partition coefficient (Wildman–Crippen LogP) is 4.27. The fourth-order valence-corrected chi connectivity index (χ4v) is 5.37. The second-order valence-electron chi connectivity index (χ2n) is 7.69. The standard InChI is InChI=1S/C20H25FN4OS/c1-4-16-22-20-25(23-16)19(26)18(27-20)17(14-7-5-6-8-15(14)21)24-10-12(2)9-13(3)11-24/h5-8,12-13,17,26H,4,9-11H2,1-3H3/t12-,13-,17-/m0/s1. The number of piperidine rings is 1. The summed E-state index contributed by atoms with van der Waals surface area (Å²) >= 11 is 1.40. The van der Waals surface area contributed by atoms with Crippen LogP contribution in [0.15, 0.2) is 24.3 Å². The summed E-state index contributed by atoms with van der Waals surface area (Å²) in [5.74, 6) is 1.58. The first kappa shape index (κ1) is 18.4. The number of thiazole rings is 1. The van der Waals surface area contributed by atoms with E-state index in [0.29, 0.717) is 39.5 Å². The van der Waals surface area contributed by atoms with E-state index in [9.17, 15) is 9.50 Å². The number of aryl methyl sites for hydroxylation is 1. The fraction of sp³-hybridized carbons (Fsp3) is 0.500. The van der Waals surface area contributed by atoms with Gasteiger partial charge < -0.3 is 5.11 Å². The van der Waals surface area contributed by atoms with Crippen LogP contribution in [0.2, 0.25) is 0 Å². The van der Waals surface area contributed by atoms with Crippen molar-refractivity contribution in [2.24, 2.45) is 11.8 Å². The molecule has 0 radical (unpaired) electrons. The highest BCUT2D eigenvalue weighted by atomic mass is 32.1. The van der Waals surface area contributed by atoms with E-state index in [1.807, 2.05) is 19.1 Å². The summed E-state index contributed by atoms with van der Waals surface area (Å²) < 4.78 is 16.3. The Kier molecular flexibility index (Phi) is 4.90. The maximum Gasteiger partial charge on any atom is 0.230 e. The molecule has 0 saturated carbocycles. The Labute approximate surface area is 162 Å². The van der Waals surface area contributed by atoms with Gasteiger partial charge in [-0.05, 0) is 24.3 Å². The predicted molar refractivity (Wildman–Crippen MR) is 105 cm³/mol. The Bertz CT molecular complexity index is 943. The maximum absolute atomic E-state index is 14.8. The molecule has 0 spiro atoms. The molecule has 27 heavy (non-hydrogen) atoms. The Morgan fingerprint density at radius 1 is 1.26 bits per heavy atom. The lowest BCUT2D eigenvalue weighted by Gasteiger charge is -2.40. The van der Waals surface area contributed by atoms with E-state index in [2.05, 4.69) is 28.8 Å². The van der Waals surface area contributed by atoms with Crippen LogP contribution in [0.5, 0.6) is 5.88 Å². The number of nitrogens with zero attached hydrogens (tertiary/aromatic N) is 4. The van der Waals surface area contributed by atoms with Crippen molar-refractivity contribution < 1.29 is 9.50 Å². The summed E-state index contributed by atoms with van der Waals surface area (Å²) in [5.41, 5.74) is 0.592. The lowest BCUT2D eigenvalue weighted by atomic mass is 9.89. The van der Waals surface area contributed by atoms with Gasteiger partial charge in [-0.25, -0.2) is 9.37 Å². The first-order valence-electron chi connectivity index (χ1n) is 9.53. The number of likely N-dealkylation sites (tertiary alicyclic amines) is 1. The summed E-state index contributed by atoms with van der Waals surface area (Å²) in [6.07, 6.45) is 1.88. The van der Waals surface area contributed by atoms with Crippen LogP contribution in [0.1, 0.15) is 49.5 Å². The van der Waals surface area contributed by atoms with Gasteiger partial charge in [0, 0.05) is 25.1 Å². The molecule has 144 valence electrons. The molecular weight excluding hydrogens is 363 g/mol. The number of benzene rings is 1. The topological polar surface area (TPSA) is 53.7 Å². The molecule has 1 fully saturated rings. The van der Waals surface area contributed by atoms with Crippen molar-refractivity contribution in [1.82, 2.24) is 19.5 Å². The van der Waals surface area contributed by atoms with Crippen LogP contribution in [-0.2, 0) is 6.42 Å². The van der Waals surface area contributed by atoms with Gasteiger partial charge in [0.1, 0.15) is 5.82 Å². The molecule has 4 rings (SSSR count). The summed E-state index contributed by atoms with van der Waals surface area (Å²) in [6, 6.07) is 6.52. The highest BCUT2D eigenvalue weighted by molar-refractivity contribution is 7.17. The summed E-state index contributed by atoms with van der Waals surface area (Å²) in [6.45, 7) is 8.19. The van der Waals surface area contributed by atoms with E-state index in [1.165, 1.54) is 28.3 Å². The zero-order chi connectivity index (χ0) is 19.1. The third-order valence-electron chi connectivity index (χ3n) is 5.27. The summed E-state index contributed by atoms with van der Waals surface area (Å²) in [5, 5.41) is 15.3. The Hall–Kier alpha value is -1.99. The first-order chi connectivity index (χ1) is 13.0. The Balaban J connectivity index is 1.84. The van der Waals surface area contributed by atoms with Crippen molar-refractivity contribution in [3.8, 4) is 5.88 Å². The molecule has 0 aliphatic carbocycles. The molecule has 5 nitrogen and oxygen atoms in total. The molecule has 0 unspecified atom stereocenters. The number of rotatable bonds is 4. The van der Waals surface area contributed by atoms with Crippen molar-refractivity contribution >= 4 is 16.3 Å². The van der Waals surface area contributed by atoms with Gasteiger partial charge in [-0.3, -0.25) is 4.90 Å². The second kappa shape index (κ2) is 7.20. The number of hydrogen-bond donors (Lipinski definition) is 1. The first-order valence-corrected chi connectivity index (χ1v) is 10.3. The molecule has 2 aromatic heterocycles. The highest BCUT2D eigenvalue weighted by Crippen LogP contribution is 2.42. The molecule has 3 heterocycles. The van der Waals surface area contributed by atoms with E-state index in [0.717, 1.165) is 13.1 Å². The summed E-state index contributed by atoms with van der Waals surface area (Å²) in [4.78, 5) is 8.14. The van der Waals surface area contributed by atoms with Crippen LogP contribution in [0, 0.1) is 17.7 Å². The molecule has 1 aliphatic heterocycles. The van der Waals surface area contributed by atoms with Crippen LogP contribution in [0.3, 0.4) is 0 Å². The molecule has 1 N–H and O–H groups in total. The molecule has 7 heteroatoms. The minimum atomic E-state index is -0.338. The number of fused-ring (bicyclic) bond motifs is 1. The van der Waals surface area contributed by atoms with Gasteiger partial charge in [-0.15, -0.1) is 5.10 Å². The fourth-order valence-electron chi connectivity index (χ4n) is 4.24. The molecular formula is C20H25FN4OS. The van der Waals surface area contributed by atoms with E-state index >= 15 is 0 Å². The third-order valence-corrected chi connectivity index (χ3v) is 6.34. The second-order valence-corrected chi connectivity index (χ2v) is 8.70. The molecule has 0 bridgehead atoms. The SMILES string of the molecule is CCc1nc2sc([C@H](c3ccccc3F)N3C[C@@H](C)C[C@H](C)C3)c(O)n2n1. The van der Waals surface area contributed by atoms with Crippen molar-refractivity contribution in [3.63, 3.8) is 0 Å². The molecule has 3 atom stereocenters. The van der Waals surface area contributed by atoms with Crippen molar-refractivity contribution in [2.45, 2.75) is 39.7 Å². The number of halogens is 1.